The highest BCUT2D eigenvalue weighted by atomic mass is 16.5. The first-order valence-corrected chi connectivity index (χ1v) is 6.92. The van der Waals surface area contributed by atoms with E-state index in [0.29, 0.717) is 18.8 Å². The normalized spacial score (nSPS) is 15.4. The van der Waals surface area contributed by atoms with Crippen LogP contribution in [0.25, 0.3) is 0 Å². The number of likely N-dealkylation sites (tertiary alicyclic amines) is 1. The van der Waals surface area contributed by atoms with Crippen LogP contribution >= 0.6 is 0 Å². The van der Waals surface area contributed by atoms with Gasteiger partial charge in [0.25, 0.3) is 0 Å². The molecule has 1 aromatic rings. The molecule has 0 bridgehead atoms. The van der Waals surface area contributed by atoms with Crippen molar-refractivity contribution >= 4 is 5.97 Å². The van der Waals surface area contributed by atoms with E-state index in [1.54, 1.807) is 19.1 Å². The van der Waals surface area contributed by atoms with E-state index in [-0.39, 0.29) is 5.97 Å². The Kier molecular flexibility index (Phi) is 5.21. The van der Waals surface area contributed by atoms with Gasteiger partial charge in [0.2, 0.25) is 0 Å². The van der Waals surface area contributed by atoms with Gasteiger partial charge in [-0.25, -0.2) is 4.79 Å². The Balaban J connectivity index is 1.82. The van der Waals surface area contributed by atoms with E-state index in [9.17, 15) is 4.79 Å². The first-order valence-electron chi connectivity index (χ1n) is 6.92. The van der Waals surface area contributed by atoms with Crippen molar-refractivity contribution in [2.24, 2.45) is 0 Å². The number of hydrogen-bond donors (Lipinski definition) is 0. The molecule has 4 heteroatoms. The van der Waals surface area contributed by atoms with Crippen LogP contribution in [-0.2, 0) is 4.74 Å². The SMILES string of the molecule is CCOC(=O)c1cccc(OCCN2CCCC2)c1. The maximum atomic E-state index is 11.6. The largest absolute Gasteiger partial charge is 0.492 e. The van der Waals surface area contributed by atoms with Gasteiger partial charge in [-0.15, -0.1) is 0 Å². The Morgan fingerprint density at radius 2 is 2.11 bits per heavy atom. The third kappa shape index (κ3) is 4.24. The number of rotatable bonds is 6. The third-order valence-electron chi connectivity index (χ3n) is 3.22. The van der Waals surface area contributed by atoms with Crippen molar-refractivity contribution in [1.82, 2.24) is 4.90 Å². The zero-order valence-electron chi connectivity index (χ0n) is 11.4. The Morgan fingerprint density at radius 1 is 1.32 bits per heavy atom. The van der Waals surface area contributed by atoms with Gasteiger partial charge in [0.15, 0.2) is 0 Å². The monoisotopic (exact) mass is 263 g/mol. The van der Waals surface area contributed by atoms with Gasteiger partial charge in [-0.05, 0) is 51.1 Å². The number of benzene rings is 1. The van der Waals surface area contributed by atoms with Gasteiger partial charge in [-0.3, -0.25) is 4.90 Å². The van der Waals surface area contributed by atoms with E-state index in [4.69, 9.17) is 9.47 Å². The van der Waals surface area contributed by atoms with Crippen LogP contribution in [0.2, 0.25) is 0 Å². The lowest BCUT2D eigenvalue weighted by Crippen LogP contribution is -2.25. The Labute approximate surface area is 114 Å². The summed E-state index contributed by atoms with van der Waals surface area (Å²) in [5.74, 6) is 0.428. The van der Waals surface area contributed by atoms with Crippen LogP contribution in [0.1, 0.15) is 30.1 Å². The maximum Gasteiger partial charge on any atom is 0.338 e. The molecule has 0 spiro atoms. The third-order valence-corrected chi connectivity index (χ3v) is 3.22. The number of nitrogens with zero attached hydrogens (tertiary/aromatic N) is 1. The van der Waals surface area contributed by atoms with Crippen molar-refractivity contribution in [3.8, 4) is 5.75 Å². The topological polar surface area (TPSA) is 38.8 Å². The number of carbonyl (C=O) groups excluding carboxylic acids is 1. The Bertz CT molecular complexity index is 414. The minimum absolute atomic E-state index is 0.299. The first kappa shape index (κ1) is 13.9. The number of esters is 1. The van der Waals surface area contributed by atoms with E-state index >= 15 is 0 Å². The average molecular weight is 263 g/mol. The summed E-state index contributed by atoms with van der Waals surface area (Å²) in [4.78, 5) is 14.0. The molecule has 1 heterocycles. The molecule has 104 valence electrons. The van der Waals surface area contributed by atoms with Gasteiger partial charge in [-0.1, -0.05) is 6.07 Å². The molecule has 0 amide bonds. The van der Waals surface area contributed by atoms with Gasteiger partial charge in [-0.2, -0.15) is 0 Å². The van der Waals surface area contributed by atoms with Crippen molar-refractivity contribution in [2.45, 2.75) is 19.8 Å². The van der Waals surface area contributed by atoms with Gasteiger partial charge >= 0.3 is 5.97 Å². The summed E-state index contributed by atoms with van der Waals surface area (Å²) in [5, 5.41) is 0. The van der Waals surface area contributed by atoms with E-state index < -0.39 is 0 Å². The van der Waals surface area contributed by atoms with Crippen molar-refractivity contribution in [3.63, 3.8) is 0 Å². The minimum Gasteiger partial charge on any atom is -0.492 e. The molecule has 1 aliphatic rings. The fourth-order valence-corrected chi connectivity index (χ4v) is 2.23. The first-order chi connectivity index (χ1) is 9.29. The van der Waals surface area contributed by atoms with Gasteiger partial charge < -0.3 is 9.47 Å². The average Bonchev–Trinajstić information content (AvgIpc) is 2.93. The molecule has 19 heavy (non-hydrogen) atoms. The van der Waals surface area contributed by atoms with E-state index in [1.165, 1.54) is 25.9 Å². The van der Waals surface area contributed by atoms with Crippen LogP contribution in [0.5, 0.6) is 5.75 Å². The lowest BCUT2D eigenvalue weighted by atomic mass is 10.2. The molecule has 0 atom stereocenters. The van der Waals surface area contributed by atoms with Crippen LogP contribution in [0.3, 0.4) is 0 Å². The fourth-order valence-electron chi connectivity index (χ4n) is 2.23. The summed E-state index contributed by atoms with van der Waals surface area (Å²) in [5.41, 5.74) is 0.542. The highest BCUT2D eigenvalue weighted by molar-refractivity contribution is 5.89. The molecule has 0 N–H and O–H groups in total. The summed E-state index contributed by atoms with van der Waals surface area (Å²) in [7, 11) is 0. The molecule has 0 aliphatic carbocycles. The highest BCUT2D eigenvalue weighted by Gasteiger charge is 2.11. The molecule has 0 saturated carbocycles. The van der Waals surface area contributed by atoms with E-state index in [0.717, 1.165) is 12.3 Å². The molecular weight excluding hydrogens is 242 g/mol. The van der Waals surface area contributed by atoms with Crippen LogP contribution in [0.4, 0.5) is 0 Å². The van der Waals surface area contributed by atoms with Crippen molar-refractivity contribution in [3.05, 3.63) is 29.8 Å². The van der Waals surface area contributed by atoms with E-state index in [2.05, 4.69) is 4.90 Å². The Morgan fingerprint density at radius 3 is 2.84 bits per heavy atom. The predicted octanol–water partition coefficient (Wildman–Crippen LogP) is 2.34. The molecular formula is C15H21NO3. The molecule has 1 aliphatic heterocycles. The smallest absolute Gasteiger partial charge is 0.338 e. The molecule has 0 aromatic heterocycles. The second-order valence-corrected chi connectivity index (χ2v) is 4.65. The maximum absolute atomic E-state index is 11.6. The lowest BCUT2D eigenvalue weighted by Gasteiger charge is -2.15. The zero-order valence-corrected chi connectivity index (χ0v) is 11.4. The van der Waals surface area contributed by atoms with Crippen LogP contribution < -0.4 is 4.74 Å². The summed E-state index contributed by atoms with van der Waals surface area (Å²) >= 11 is 0. The summed E-state index contributed by atoms with van der Waals surface area (Å²) < 4.78 is 10.7. The van der Waals surface area contributed by atoms with E-state index in [1.807, 2.05) is 12.1 Å². The van der Waals surface area contributed by atoms with Gasteiger partial charge in [0.05, 0.1) is 12.2 Å². The molecule has 0 radical (unpaired) electrons. The standard InChI is InChI=1S/C15H21NO3/c1-2-18-15(17)13-6-5-7-14(12-13)19-11-10-16-8-3-4-9-16/h5-7,12H,2-4,8-11H2,1H3. The molecule has 4 nitrogen and oxygen atoms in total. The van der Waals surface area contributed by atoms with Gasteiger partial charge in [0.1, 0.15) is 12.4 Å². The van der Waals surface area contributed by atoms with Crippen LogP contribution in [0, 0.1) is 0 Å². The van der Waals surface area contributed by atoms with Crippen LogP contribution in [-0.4, -0.2) is 43.7 Å². The molecule has 2 rings (SSSR count). The fraction of sp³-hybridized carbons (Fsp3) is 0.533. The van der Waals surface area contributed by atoms with Crippen molar-refractivity contribution in [1.29, 1.82) is 0 Å². The molecule has 1 fully saturated rings. The predicted molar refractivity (Wildman–Crippen MR) is 73.6 cm³/mol. The highest BCUT2D eigenvalue weighted by Crippen LogP contribution is 2.14. The minimum atomic E-state index is -0.299. The molecule has 1 saturated heterocycles. The second-order valence-electron chi connectivity index (χ2n) is 4.65. The molecule has 1 aromatic carbocycles. The van der Waals surface area contributed by atoms with Gasteiger partial charge in [0, 0.05) is 6.54 Å². The summed E-state index contributed by atoms with van der Waals surface area (Å²) in [6, 6.07) is 7.16. The zero-order chi connectivity index (χ0) is 13.5. The summed E-state index contributed by atoms with van der Waals surface area (Å²) in [6.45, 7) is 6.14. The summed E-state index contributed by atoms with van der Waals surface area (Å²) in [6.07, 6.45) is 2.58. The quantitative estimate of drug-likeness (QED) is 0.738. The number of hydrogen-bond acceptors (Lipinski definition) is 4. The number of carbonyl (C=O) groups is 1. The van der Waals surface area contributed by atoms with Crippen molar-refractivity contribution in [2.75, 3.05) is 32.8 Å². The second kappa shape index (κ2) is 7.14. The van der Waals surface area contributed by atoms with Crippen molar-refractivity contribution < 1.29 is 14.3 Å². The lowest BCUT2D eigenvalue weighted by molar-refractivity contribution is 0.0526. The van der Waals surface area contributed by atoms with Crippen LogP contribution in [0.15, 0.2) is 24.3 Å². The number of ether oxygens (including phenoxy) is 2. The Hall–Kier alpha value is -1.55. The molecule has 0 unspecified atom stereocenters.